The Morgan fingerprint density at radius 2 is 1.84 bits per heavy atom. The molecule has 0 aromatic heterocycles. The molecule has 0 heterocycles. The third-order valence-electron chi connectivity index (χ3n) is 2.90. The van der Waals surface area contributed by atoms with E-state index in [2.05, 4.69) is 0 Å². The van der Waals surface area contributed by atoms with E-state index in [4.69, 9.17) is 9.84 Å². The lowest BCUT2D eigenvalue weighted by atomic mass is 10.2. The van der Waals surface area contributed by atoms with Gasteiger partial charge in [-0.3, -0.25) is 4.79 Å². The summed E-state index contributed by atoms with van der Waals surface area (Å²) < 4.78 is 30.4. The highest BCUT2D eigenvalue weighted by Crippen LogP contribution is 2.14. The number of rotatable bonds is 10. The number of ether oxygens (including phenoxy) is 1. The van der Waals surface area contributed by atoms with Crippen LogP contribution in [0.15, 0.2) is 0 Å². The normalized spacial score (nSPS) is 12.1. The number of nitrogens with zero attached hydrogens (tertiary/aromatic N) is 1. The molecule has 0 aromatic carbocycles. The average molecular weight is 295 g/mol. The number of aliphatic hydroxyl groups is 1. The minimum atomic E-state index is -3.55. The molecular weight excluding hydrogens is 270 g/mol. The molecule has 0 atom stereocenters. The molecule has 0 saturated heterocycles. The SMILES string of the molecule is CCOC(=O)CCS(=O)(=O)N(CCO)C(CC)CC. The molecule has 0 rings (SSSR count). The number of sulfonamides is 1. The second kappa shape index (κ2) is 9.28. The molecule has 1 N–H and O–H groups in total. The van der Waals surface area contributed by atoms with E-state index in [1.54, 1.807) is 6.92 Å². The molecule has 0 radical (unpaired) electrons. The summed E-state index contributed by atoms with van der Waals surface area (Å²) in [7, 11) is -3.55. The van der Waals surface area contributed by atoms with Crippen LogP contribution in [0.4, 0.5) is 0 Å². The molecule has 114 valence electrons. The zero-order chi connectivity index (χ0) is 14.9. The fraction of sp³-hybridized carbons (Fsp3) is 0.917. The Labute approximate surface area is 115 Å². The molecule has 0 aliphatic heterocycles. The quantitative estimate of drug-likeness (QED) is 0.601. The number of aliphatic hydroxyl groups excluding tert-OH is 1. The molecule has 0 aliphatic rings. The van der Waals surface area contributed by atoms with Crippen LogP contribution in [0.1, 0.15) is 40.0 Å². The topological polar surface area (TPSA) is 83.9 Å². The van der Waals surface area contributed by atoms with Gasteiger partial charge >= 0.3 is 5.97 Å². The molecular formula is C12H25NO5S. The van der Waals surface area contributed by atoms with Crippen molar-refractivity contribution in [1.29, 1.82) is 0 Å². The van der Waals surface area contributed by atoms with E-state index in [1.807, 2.05) is 13.8 Å². The zero-order valence-corrected chi connectivity index (χ0v) is 12.8. The van der Waals surface area contributed by atoms with Crippen LogP contribution in [-0.4, -0.2) is 55.4 Å². The van der Waals surface area contributed by atoms with Crippen molar-refractivity contribution < 1.29 is 23.1 Å². The highest BCUT2D eigenvalue weighted by molar-refractivity contribution is 7.89. The summed E-state index contributed by atoms with van der Waals surface area (Å²) >= 11 is 0. The molecule has 6 nitrogen and oxygen atoms in total. The van der Waals surface area contributed by atoms with Gasteiger partial charge in [-0.15, -0.1) is 0 Å². The van der Waals surface area contributed by atoms with Gasteiger partial charge in [0, 0.05) is 12.6 Å². The molecule has 19 heavy (non-hydrogen) atoms. The fourth-order valence-corrected chi connectivity index (χ4v) is 3.68. The van der Waals surface area contributed by atoms with E-state index < -0.39 is 16.0 Å². The van der Waals surface area contributed by atoms with Gasteiger partial charge < -0.3 is 9.84 Å². The van der Waals surface area contributed by atoms with Crippen LogP contribution in [0.2, 0.25) is 0 Å². The summed E-state index contributed by atoms with van der Waals surface area (Å²) in [6, 6.07) is -0.139. The van der Waals surface area contributed by atoms with E-state index in [1.165, 1.54) is 4.31 Å². The Morgan fingerprint density at radius 3 is 2.26 bits per heavy atom. The van der Waals surface area contributed by atoms with Crippen molar-refractivity contribution in [1.82, 2.24) is 4.31 Å². The lowest BCUT2D eigenvalue weighted by Gasteiger charge is -2.28. The maximum atomic E-state index is 12.2. The summed E-state index contributed by atoms with van der Waals surface area (Å²) in [5.41, 5.74) is 0. The summed E-state index contributed by atoms with van der Waals surface area (Å²) in [6.45, 7) is 5.56. The first-order chi connectivity index (χ1) is 8.92. The maximum absolute atomic E-state index is 12.2. The second-order valence-electron chi connectivity index (χ2n) is 4.18. The Kier molecular flexibility index (Phi) is 8.95. The average Bonchev–Trinajstić information content (AvgIpc) is 2.37. The molecule has 7 heteroatoms. The molecule has 0 fully saturated rings. The molecule has 0 amide bonds. The van der Waals surface area contributed by atoms with E-state index in [9.17, 15) is 13.2 Å². The Hall–Kier alpha value is -0.660. The van der Waals surface area contributed by atoms with E-state index in [-0.39, 0.29) is 38.0 Å². The van der Waals surface area contributed by atoms with Gasteiger partial charge in [-0.1, -0.05) is 13.8 Å². The van der Waals surface area contributed by atoms with Crippen molar-refractivity contribution in [2.75, 3.05) is 25.5 Å². The van der Waals surface area contributed by atoms with Crippen LogP contribution in [0, 0.1) is 0 Å². The van der Waals surface area contributed by atoms with Crippen LogP contribution >= 0.6 is 0 Å². The van der Waals surface area contributed by atoms with Crippen LogP contribution in [-0.2, 0) is 19.6 Å². The van der Waals surface area contributed by atoms with E-state index in [0.29, 0.717) is 12.8 Å². The van der Waals surface area contributed by atoms with Gasteiger partial charge in [0.25, 0.3) is 0 Å². The molecule has 0 saturated carbocycles. The highest BCUT2D eigenvalue weighted by Gasteiger charge is 2.28. The van der Waals surface area contributed by atoms with Crippen molar-refractivity contribution in [3.8, 4) is 0 Å². The largest absolute Gasteiger partial charge is 0.466 e. The van der Waals surface area contributed by atoms with Crippen LogP contribution in [0.5, 0.6) is 0 Å². The predicted octanol–water partition coefficient (Wildman–Crippen LogP) is 0.752. The number of carbonyl (C=O) groups excluding carboxylic acids is 1. The number of hydrogen-bond donors (Lipinski definition) is 1. The van der Waals surface area contributed by atoms with Crippen molar-refractivity contribution in [2.24, 2.45) is 0 Å². The highest BCUT2D eigenvalue weighted by atomic mass is 32.2. The van der Waals surface area contributed by atoms with Crippen LogP contribution in [0.25, 0.3) is 0 Å². The summed E-state index contributed by atoms with van der Waals surface area (Å²) in [6.07, 6.45) is 1.20. The lowest BCUT2D eigenvalue weighted by Crippen LogP contribution is -2.43. The van der Waals surface area contributed by atoms with Gasteiger partial charge in [0.2, 0.25) is 10.0 Å². The summed E-state index contributed by atoms with van der Waals surface area (Å²) in [4.78, 5) is 11.2. The molecule has 0 aromatic rings. The Morgan fingerprint density at radius 1 is 1.26 bits per heavy atom. The Bertz CT molecular complexity index is 351. The molecule has 0 unspecified atom stereocenters. The van der Waals surface area contributed by atoms with Crippen molar-refractivity contribution >= 4 is 16.0 Å². The molecule has 0 spiro atoms. The maximum Gasteiger partial charge on any atom is 0.306 e. The Balaban J connectivity index is 4.74. The van der Waals surface area contributed by atoms with Gasteiger partial charge in [0.15, 0.2) is 0 Å². The number of hydrogen-bond acceptors (Lipinski definition) is 5. The molecule has 0 bridgehead atoms. The first kappa shape index (κ1) is 18.3. The van der Waals surface area contributed by atoms with Gasteiger partial charge in [0.1, 0.15) is 0 Å². The summed E-state index contributed by atoms with van der Waals surface area (Å²) in [5, 5.41) is 9.00. The third kappa shape index (κ3) is 6.35. The van der Waals surface area contributed by atoms with Crippen molar-refractivity contribution in [3.63, 3.8) is 0 Å². The molecule has 0 aliphatic carbocycles. The minimum Gasteiger partial charge on any atom is -0.466 e. The van der Waals surface area contributed by atoms with Gasteiger partial charge in [-0.2, -0.15) is 4.31 Å². The first-order valence-electron chi connectivity index (χ1n) is 6.68. The summed E-state index contributed by atoms with van der Waals surface area (Å²) in [5.74, 6) is -0.790. The van der Waals surface area contributed by atoms with E-state index in [0.717, 1.165) is 0 Å². The van der Waals surface area contributed by atoms with Gasteiger partial charge in [-0.05, 0) is 19.8 Å². The fourth-order valence-electron chi connectivity index (χ4n) is 1.91. The number of carbonyl (C=O) groups is 1. The lowest BCUT2D eigenvalue weighted by molar-refractivity contribution is -0.142. The second-order valence-corrected chi connectivity index (χ2v) is 6.22. The first-order valence-corrected chi connectivity index (χ1v) is 8.29. The predicted molar refractivity (Wildman–Crippen MR) is 73.2 cm³/mol. The van der Waals surface area contributed by atoms with Gasteiger partial charge in [0.05, 0.1) is 25.4 Å². The van der Waals surface area contributed by atoms with Gasteiger partial charge in [-0.25, -0.2) is 8.42 Å². The number of esters is 1. The van der Waals surface area contributed by atoms with Crippen molar-refractivity contribution in [2.45, 2.75) is 46.1 Å². The monoisotopic (exact) mass is 295 g/mol. The van der Waals surface area contributed by atoms with Crippen molar-refractivity contribution in [3.05, 3.63) is 0 Å². The van der Waals surface area contributed by atoms with Crippen LogP contribution in [0.3, 0.4) is 0 Å². The standard InChI is InChI=1S/C12H25NO5S/c1-4-11(5-2)13(8-9-14)19(16,17)10-7-12(15)18-6-3/h11,14H,4-10H2,1-3H3. The smallest absolute Gasteiger partial charge is 0.306 e. The van der Waals surface area contributed by atoms with E-state index >= 15 is 0 Å². The zero-order valence-electron chi connectivity index (χ0n) is 12.0. The van der Waals surface area contributed by atoms with Crippen LogP contribution < -0.4 is 0 Å². The third-order valence-corrected chi connectivity index (χ3v) is 4.81. The minimum absolute atomic E-state index is 0.0670.